The van der Waals surface area contributed by atoms with Gasteiger partial charge in [-0.3, -0.25) is 9.59 Å². The molecule has 0 aliphatic rings. The van der Waals surface area contributed by atoms with Gasteiger partial charge in [0.15, 0.2) is 5.43 Å². The summed E-state index contributed by atoms with van der Waals surface area (Å²) in [6, 6.07) is 1.31. The minimum atomic E-state index is -0.364. The Morgan fingerprint density at radius 1 is 1.62 bits per heavy atom. The van der Waals surface area contributed by atoms with E-state index in [9.17, 15) is 9.59 Å². The van der Waals surface area contributed by atoms with Gasteiger partial charge in [-0.2, -0.15) is 0 Å². The van der Waals surface area contributed by atoms with Crippen LogP contribution in [0.15, 0.2) is 23.3 Å². The lowest BCUT2D eigenvalue weighted by molar-refractivity contribution is 0.0786. The number of amides is 1. The number of hydrogen-bond donors (Lipinski definition) is 2. The summed E-state index contributed by atoms with van der Waals surface area (Å²) in [6.07, 6.45) is 2.86. The number of nitrogens with zero attached hydrogens (tertiary/aromatic N) is 1. The molecular formula is C10H13N3O2S. The highest BCUT2D eigenvalue weighted by molar-refractivity contribution is 7.80. The Hall–Kier alpha value is -1.69. The van der Waals surface area contributed by atoms with Crippen molar-refractivity contribution < 1.29 is 4.79 Å². The first-order chi connectivity index (χ1) is 7.56. The number of aromatic nitrogens is 1. The molecule has 5 nitrogen and oxygen atoms in total. The van der Waals surface area contributed by atoms with Crippen molar-refractivity contribution in [2.24, 2.45) is 5.73 Å². The lowest BCUT2D eigenvalue weighted by Gasteiger charge is -2.19. The molecule has 6 heteroatoms. The number of pyridine rings is 1. The van der Waals surface area contributed by atoms with Crippen LogP contribution in [0.2, 0.25) is 0 Å². The van der Waals surface area contributed by atoms with Crippen molar-refractivity contribution >= 4 is 23.1 Å². The number of aromatic amines is 1. The zero-order valence-corrected chi connectivity index (χ0v) is 9.71. The van der Waals surface area contributed by atoms with Crippen molar-refractivity contribution in [3.05, 3.63) is 34.2 Å². The number of nitrogens with one attached hydrogen (secondary N) is 1. The summed E-state index contributed by atoms with van der Waals surface area (Å²) in [5.41, 5.74) is 5.16. The summed E-state index contributed by atoms with van der Waals surface area (Å²) in [5.74, 6) is -0.364. The highest BCUT2D eigenvalue weighted by atomic mass is 32.1. The monoisotopic (exact) mass is 239 g/mol. The smallest absolute Gasteiger partial charge is 0.259 e. The number of hydrogen-bond acceptors (Lipinski definition) is 3. The van der Waals surface area contributed by atoms with Gasteiger partial charge in [0.25, 0.3) is 5.91 Å². The minimum Gasteiger partial charge on any atom is -0.392 e. The van der Waals surface area contributed by atoms with Gasteiger partial charge in [-0.1, -0.05) is 12.2 Å². The third kappa shape index (κ3) is 2.90. The maximum atomic E-state index is 11.9. The molecule has 1 rings (SSSR count). The molecule has 0 bridgehead atoms. The minimum absolute atomic E-state index is 0.0978. The second-order valence-corrected chi connectivity index (χ2v) is 3.73. The molecule has 0 atom stereocenters. The van der Waals surface area contributed by atoms with Gasteiger partial charge in [-0.15, -0.1) is 0 Å². The van der Waals surface area contributed by atoms with Gasteiger partial charge < -0.3 is 15.6 Å². The maximum absolute atomic E-state index is 11.9. The van der Waals surface area contributed by atoms with Gasteiger partial charge in [0.05, 0.1) is 11.5 Å². The Kier molecular flexibility index (Phi) is 4.19. The van der Waals surface area contributed by atoms with Gasteiger partial charge in [0.1, 0.15) is 5.56 Å². The second-order valence-electron chi connectivity index (χ2n) is 3.21. The summed E-state index contributed by atoms with van der Waals surface area (Å²) in [5, 5.41) is 0. The lowest BCUT2D eigenvalue weighted by atomic mass is 10.2. The first-order valence-electron chi connectivity index (χ1n) is 4.81. The van der Waals surface area contributed by atoms with Gasteiger partial charge in [0, 0.05) is 25.0 Å². The summed E-state index contributed by atoms with van der Waals surface area (Å²) >= 11 is 4.74. The van der Waals surface area contributed by atoms with Gasteiger partial charge in [-0.25, -0.2) is 0 Å². The van der Waals surface area contributed by atoms with Crippen LogP contribution in [0, 0.1) is 0 Å². The third-order valence-electron chi connectivity index (χ3n) is 2.07. The van der Waals surface area contributed by atoms with E-state index in [-0.39, 0.29) is 28.4 Å². The SMILES string of the molecule is CCN(CC(N)=S)C(=O)c1c[nH]ccc1=O. The molecule has 0 saturated carbocycles. The maximum Gasteiger partial charge on any atom is 0.259 e. The van der Waals surface area contributed by atoms with Crippen LogP contribution in [0.5, 0.6) is 0 Å². The third-order valence-corrected chi connectivity index (χ3v) is 2.20. The van der Waals surface area contributed by atoms with Crippen LogP contribution in [0.25, 0.3) is 0 Å². The Balaban J connectivity index is 2.96. The van der Waals surface area contributed by atoms with E-state index in [2.05, 4.69) is 4.98 Å². The summed E-state index contributed by atoms with van der Waals surface area (Å²) in [6.45, 7) is 2.43. The normalized spacial score (nSPS) is 9.81. The average molecular weight is 239 g/mol. The largest absolute Gasteiger partial charge is 0.392 e. The molecule has 1 heterocycles. The Bertz CT molecular complexity index is 455. The fraction of sp³-hybridized carbons (Fsp3) is 0.300. The number of H-pyrrole nitrogens is 1. The summed E-state index contributed by atoms with van der Waals surface area (Å²) < 4.78 is 0. The van der Waals surface area contributed by atoms with Crippen LogP contribution >= 0.6 is 12.2 Å². The van der Waals surface area contributed by atoms with E-state index in [0.717, 1.165) is 0 Å². The summed E-state index contributed by atoms with van der Waals surface area (Å²) in [7, 11) is 0. The van der Waals surface area contributed by atoms with Crippen LogP contribution in [-0.4, -0.2) is 33.9 Å². The van der Waals surface area contributed by atoms with Crippen LogP contribution < -0.4 is 11.2 Å². The van der Waals surface area contributed by atoms with E-state index in [0.29, 0.717) is 6.54 Å². The molecule has 1 amide bonds. The molecule has 0 aliphatic heterocycles. The molecule has 0 saturated heterocycles. The number of likely N-dealkylation sites (N-methyl/N-ethyl adjacent to an activating group) is 1. The zero-order valence-electron chi connectivity index (χ0n) is 8.90. The van der Waals surface area contributed by atoms with E-state index >= 15 is 0 Å². The second kappa shape index (κ2) is 5.41. The fourth-order valence-corrected chi connectivity index (χ4v) is 1.42. The van der Waals surface area contributed by atoms with Gasteiger partial charge >= 0.3 is 0 Å². The quantitative estimate of drug-likeness (QED) is 0.732. The van der Waals surface area contributed by atoms with Crippen molar-refractivity contribution in [3.8, 4) is 0 Å². The molecule has 0 unspecified atom stereocenters. The molecule has 1 aromatic rings. The molecule has 16 heavy (non-hydrogen) atoms. The first-order valence-corrected chi connectivity index (χ1v) is 5.21. The predicted molar refractivity (Wildman–Crippen MR) is 65.4 cm³/mol. The topological polar surface area (TPSA) is 79.2 Å². The fourth-order valence-electron chi connectivity index (χ4n) is 1.27. The Morgan fingerprint density at radius 2 is 2.31 bits per heavy atom. The number of rotatable bonds is 4. The van der Waals surface area contributed by atoms with Crippen molar-refractivity contribution in [2.45, 2.75) is 6.92 Å². The molecule has 86 valence electrons. The van der Waals surface area contributed by atoms with Crippen LogP contribution in [0.3, 0.4) is 0 Å². The molecule has 3 N–H and O–H groups in total. The van der Waals surface area contributed by atoms with E-state index in [1.165, 1.54) is 23.4 Å². The lowest BCUT2D eigenvalue weighted by Crippen LogP contribution is -2.39. The number of carbonyl (C=O) groups excluding carboxylic acids is 1. The van der Waals surface area contributed by atoms with E-state index in [1.54, 1.807) is 6.92 Å². The first kappa shape index (κ1) is 12.4. The molecule has 0 spiro atoms. The van der Waals surface area contributed by atoms with E-state index in [4.69, 9.17) is 18.0 Å². The highest BCUT2D eigenvalue weighted by Crippen LogP contribution is 1.98. The predicted octanol–water partition coefficient (Wildman–Crippen LogP) is 0.123. The van der Waals surface area contributed by atoms with Crippen molar-refractivity contribution in [1.82, 2.24) is 9.88 Å². The van der Waals surface area contributed by atoms with Crippen molar-refractivity contribution in [1.29, 1.82) is 0 Å². The molecule has 0 fully saturated rings. The van der Waals surface area contributed by atoms with Crippen molar-refractivity contribution in [3.63, 3.8) is 0 Å². The van der Waals surface area contributed by atoms with E-state index in [1.807, 2.05) is 0 Å². The molecule has 1 aromatic heterocycles. The molecular weight excluding hydrogens is 226 g/mol. The summed E-state index contributed by atoms with van der Waals surface area (Å²) in [4.78, 5) is 27.7. The van der Waals surface area contributed by atoms with Gasteiger partial charge in [-0.05, 0) is 6.92 Å². The highest BCUT2D eigenvalue weighted by Gasteiger charge is 2.17. The molecule has 0 aliphatic carbocycles. The Morgan fingerprint density at radius 3 is 2.81 bits per heavy atom. The van der Waals surface area contributed by atoms with Crippen LogP contribution in [0.4, 0.5) is 0 Å². The molecule has 0 aromatic carbocycles. The number of thiocarbonyl (C=S) groups is 1. The van der Waals surface area contributed by atoms with Crippen LogP contribution in [0.1, 0.15) is 17.3 Å². The van der Waals surface area contributed by atoms with Crippen molar-refractivity contribution in [2.75, 3.05) is 13.1 Å². The number of nitrogens with two attached hydrogens (primary N) is 1. The number of carbonyl (C=O) groups is 1. The average Bonchev–Trinajstić information content (AvgIpc) is 2.25. The van der Waals surface area contributed by atoms with Gasteiger partial charge in [0.2, 0.25) is 0 Å². The molecule has 0 radical (unpaired) electrons. The standard InChI is InChI=1S/C10H13N3O2S/c1-2-13(6-9(11)16)10(15)7-5-12-4-3-8(7)14/h3-5H,2,6H2,1H3,(H2,11,16)(H,12,14). The zero-order chi connectivity index (χ0) is 12.1. The Labute approximate surface area is 98.3 Å². The van der Waals surface area contributed by atoms with E-state index < -0.39 is 0 Å². The van der Waals surface area contributed by atoms with Crippen LogP contribution in [-0.2, 0) is 0 Å².